The first-order valence-electron chi connectivity index (χ1n) is 8.16. The third kappa shape index (κ3) is 5.21. The van der Waals surface area contributed by atoms with Crippen LogP contribution in [0.25, 0.3) is 11.3 Å². The van der Waals surface area contributed by atoms with E-state index in [0.717, 1.165) is 10.5 Å². The van der Waals surface area contributed by atoms with Crippen LogP contribution in [0.15, 0.2) is 70.0 Å². The molecule has 0 fully saturated rings. The Kier molecular flexibility index (Phi) is 5.93. The van der Waals surface area contributed by atoms with Gasteiger partial charge < -0.3 is 4.42 Å². The van der Waals surface area contributed by atoms with Gasteiger partial charge in [0.2, 0.25) is 5.91 Å². The van der Waals surface area contributed by atoms with Crippen molar-refractivity contribution in [2.45, 2.75) is 11.8 Å². The summed E-state index contributed by atoms with van der Waals surface area (Å²) in [4.78, 5) is 24.9. The first-order chi connectivity index (χ1) is 13.0. The molecule has 0 aliphatic carbocycles. The summed E-state index contributed by atoms with van der Waals surface area (Å²) in [5, 5.41) is 0. The Morgan fingerprint density at radius 1 is 0.963 bits per heavy atom. The highest BCUT2D eigenvalue weighted by molar-refractivity contribution is 8.00. The summed E-state index contributed by atoms with van der Waals surface area (Å²) in [7, 11) is 0. The summed E-state index contributed by atoms with van der Waals surface area (Å²) in [5.74, 6) is -0.615. The standard InChI is InChI=1S/C20H17FN2O3S/c1-13-2-8-16(9-3-13)27-12-19(24)22-23-20(25)18-11-10-17(26-18)14-4-6-15(21)7-5-14/h2-11H,12H2,1H3,(H,22,24)(H,23,25). The number of rotatable bonds is 5. The van der Waals surface area contributed by atoms with Gasteiger partial charge in [0, 0.05) is 10.5 Å². The van der Waals surface area contributed by atoms with Crippen molar-refractivity contribution in [3.8, 4) is 11.3 Å². The number of carbonyl (C=O) groups is 2. The van der Waals surface area contributed by atoms with E-state index in [1.165, 1.54) is 30.0 Å². The Morgan fingerprint density at radius 3 is 2.37 bits per heavy atom. The van der Waals surface area contributed by atoms with Crippen LogP contribution >= 0.6 is 11.8 Å². The average molecular weight is 384 g/mol. The summed E-state index contributed by atoms with van der Waals surface area (Å²) < 4.78 is 18.4. The number of hydrazine groups is 1. The highest BCUT2D eigenvalue weighted by Gasteiger charge is 2.13. The summed E-state index contributed by atoms with van der Waals surface area (Å²) in [6.45, 7) is 1.99. The predicted octanol–water partition coefficient (Wildman–Crippen LogP) is 3.95. The molecule has 1 heterocycles. The first kappa shape index (κ1) is 18.7. The van der Waals surface area contributed by atoms with E-state index in [-0.39, 0.29) is 23.2 Å². The first-order valence-corrected chi connectivity index (χ1v) is 9.14. The van der Waals surface area contributed by atoms with E-state index in [9.17, 15) is 14.0 Å². The van der Waals surface area contributed by atoms with Gasteiger partial charge in [0.15, 0.2) is 5.76 Å². The number of benzene rings is 2. The second-order valence-corrected chi connectivity index (χ2v) is 6.82. The fourth-order valence-electron chi connectivity index (χ4n) is 2.24. The van der Waals surface area contributed by atoms with Crippen LogP contribution in [0.5, 0.6) is 0 Å². The number of thioether (sulfide) groups is 1. The summed E-state index contributed by atoms with van der Waals surface area (Å²) in [6.07, 6.45) is 0. The molecule has 0 spiro atoms. The largest absolute Gasteiger partial charge is 0.451 e. The van der Waals surface area contributed by atoms with E-state index >= 15 is 0 Å². The minimum atomic E-state index is -0.572. The van der Waals surface area contributed by atoms with Crippen molar-refractivity contribution in [2.75, 3.05) is 5.75 Å². The molecule has 2 aromatic carbocycles. The number of halogens is 1. The molecule has 5 nitrogen and oxygen atoms in total. The second kappa shape index (κ2) is 8.55. The third-order valence-electron chi connectivity index (χ3n) is 3.66. The smallest absolute Gasteiger partial charge is 0.305 e. The highest BCUT2D eigenvalue weighted by atomic mass is 32.2. The molecule has 7 heteroatoms. The second-order valence-electron chi connectivity index (χ2n) is 5.77. The van der Waals surface area contributed by atoms with Crippen molar-refractivity contribution >= 4 is 23.6 Å². The lowest BCUT2D eigenvalue weighted by atomic mass is 10.2. The van der Waals surface area contributed by atoms with E-state index < -0.39 is 5.91 Å². The Balaban J connectivity index is 1.49. The van der Waals surface area contributed by atoms with Crippen molar-refractivity contribution < 1.29 is 18.4 Å². The highest BCUT2D eigenvalue weighted by Crippen LogP contribution is 2.22. The number of furan rings is 1. The quantitative estimate of drug-likeness (QED) is 0.516. The molecule has 0 aliphatic rings. The minimum Gasteiger partial charge on any atom is -0.451 e. The van der Waals surface area contributed by atoms with Gasteiger partial charge in [-0.25, -0.2) is 4.39 Å². The molecule has 3 rings (SSSR count). The summed E-state index contributed by atoms with van der Waals surface area (Å²) >= 11 is 1.37. The van der Waals surface area contributed by atoms with Gasteiger partial charge in [0.05, 0.1) is 5.75 Å². The number of hydrogen-bond acceptors (Lipinski definition) is 4. The fourth-order valence-corrected chi connectivity index (χ4v) is 2.94. The van der Waals surface area contributed by atoms with Crippen molar-refractivity contribution in [3.63, 3.8) is 0 Å². The molecule has 0 unspecified atom stereocenters. The summed E-state index contributed by atoms with van der Waals surface area (Å²) in [5.41, 5.74) is 6.46. The van der Waals surface area contributed by atoms with Gasteiger partial charge in [-0.15, -0.1) is 11.8 Å². The molecule has 0 saturated carbocycles. The van der Waals surface area contributed by atoms with Gasteiger partial charge in [0.1, 0.15) is 11.6 Å². The van der Waals surface area contributed by atoms with Crippen LogP contribution in [0.3, 0.4) is 0 Å². The average Bonchev–Trinajstić information content (AvgIpc) is 3.16. The van der Waals surface area contributed by atoms with E-state index in [0.29, 0.717) is 11.3 Å². The maximum Gasteiger partial charge on any atom is 0.305 e. The fraction of sp³-hybridized carbons (Fsp3) is 0.100. The summed E-state index contributed by atoms with van der Waals surface area (Å²) in [6, 6.07) is 16.6. The van der Waals surface area contributed by atoms with Crippen LogP contribution in [0.1, 0.15) is 16.1 Å². The monoisotopic (exact) mass is 384 g/mol. The SMILES string of the molecule is Cc1ccc(SCC(=O)NNC(=O)c2ccc(-c3ccc(F)cc3)o2)cc1. The molecule has 3 aromatic rings. The van der Waals surface area contributed by atoms with Gasteiger partial charge >= 0.3 is 5.91 Å². The van der Waals surface area contributed by atoms with Crippen LogP contribution < -0.4 is 10.9 Å². The molecule has 2 amide bonds. The van der Waals surface area contributed by atoms with Crippen molar-refractivity contribution in [1.82, 2.24) is 10.9 Å². The number of nitrogens with one attached hydrogen (secondary N) is 2. The number of aryl methyl sites for hydroxylation is 1. The van der Waals surface area contributed by atoms with Crippen LogP contribution in [-0.2, 0) is 4.79 Å². The van der Waals surface area contributed by atoms with E-state index in [1.807, 2.05) is 31.2 Å². The molecule has 0 bridgehead atoms. The molecule has 138 valence electrons. The molecule has 0 atom stereocenters. The van der Waals surface area contributed by atoms with Gasteiger partial charge in [-0.05, 0) is 55.5 Å². The lowest BCUT2D eigenvalue weighted by molar-refractivity contribution is -0.119. The lowest BCUT2D eigenvalue weighted by Crippen LogP contribution is -2.42. The van der Waals surface area contributed by atoms with E-state index in [2.05, 4.69) is 10.9 Å². The van der Waals surface area contributed by atoms with Crippen LogP contribution in [-0.4, -0.2) is 17.6 Å². The molecule has 0 saturated heterocycles. The molecule has 27 heavy (non-hydrogen) atoms. The Morgan fingerprint density at radius 2 is 1.67 bits per heavy atom. The number of amides is 2. The van der Waals surface area contributed by atoms with Crippen molar-refractivity contribution in [3.05, 3.63) is 77.8 Å². The third-order valence-corrected chi connectivity index (χ3v) is 4.68. The van der Waals surface area contributed by atoms with Gasteiger partial charge in [-0.3, -0.25) is 20.4 Å². The minimum absolute atomic E-state index is 0.0424. The molecule has 2 N–H and O–H groups in total. The van der Waals surface area contributed by atoms with E-state index in [1.54, 1.807) is 18.2 Å². The van der Waals surface area contributed by atoms with Crippen molar-refractivity contribution in [2.24, 2.45) is 0 Å². The normalized spacial score (nSPS) is 10.4. The molecule has 0 radical (unpaired) electrons. The zero-order valence-corrected chi connectivity index (χ0v) is 15.3. The van der Waals surface area contributed by atoms with Gasteiger partial charge in [-0.1, -0.05) is 17.7 Å². The zero-order valence-electron chi connectivity index (χ0n) is 14.5. The van der Waals surface area contributed by atoms with Crippen LogP contribution in [0.4, 0.5) is 4.39 Å². The molecule has 1 aromatic heterocycles. The maximum absolute atomic E-state index is 13.0. The lowest BCUT2D eigenvalue weighted by Gasteiger charge is -2.06. The van der Waals surface area contributed by atoms with Crippen LogP contribution in [0, 0.1) is 12.7 Å². The van der Waals surface area contributed by atoms with Crippen molar-refractivity contribution in [1.29, 1.82) is 0 Å². The van der Waals surface area contributed by atoms with E-state index in [4.69, 9.17) is 4.42 Å². The molecule has 0 aliphatic heterocycles. The Bertz CT molecular complexity index is 937. The van der Waals surface area contributed by atoms with Crippen LogP contribution in [0.2, 0.25) is 0 Å². The Hall–Kier alpha value is -3.06. The molecular weight excluding hydrogens is 367 g/mol. The topological polar surface area (TPSA) is 71.3 Å². The number of hydrogen-bond donors (Lipinski definition) is 2. The Labute approximate surface area is 159 Å². The number of carbonyl (C=O) groups excluding carboxylic acids is 2. The zero-order chi connectivity index (χ0) is 19.2. The predicted molar refractivity (Wildman–Crippen MR) is 102 cm³/mol. The maximum atomic E-state index is 13.0. The van der Waals surface area contributed by atoms with Gasteiger partial charge in [-0.2, -0.15) is 0 Å². The van der Waals surface area contributed by atoms with Gasteiger partial charge in [0.25, 0.3) is 0 Å². The molecular formula is C20H17FN2O3S.